The van der Waals surface area contributed by atoms with Crippen LogP contribution in [0, 0.1) is 0 Å². The largest absolute Gasteiger partial charge is 0.383 e. The zero-order valence-corrected chi connectivity index (χ0v) is 19.7. The quantitative estimate of drug-likeness (QED) is 0.225. The van der Waals surface area contributed by atoms with Gasteiger partial charge in [-0.25, -0.2) is 9.97 Å². The molecule has 0 radical (unpaired) electrons. The van der Waals surface area contributed by atoms with E-state index in [-0.39, 0.29) is 5.91 Å². The number of rotatable bonds is 7. The molecule has 9 nitrogen and oxygen atoms in total. The molecule has 1 fully saturated rings. The molecule has 1 aliphatic rings. The number of carbonyl (C=O) groups is 1. The molecular formula is C21H18N8OS3. The summed E-state index contributed by atoms with van der Waals surface area (Å²) in [7, 11) is 0. The Balaban J connectivity index is 1.27. The lowest BCUT2D eigenvalue weighted by Gasteiger charge is -2.13. The average Bonchev–Trinajstić information content (AvgIpc) is 3.55. The predicted octanol–water partition coefficient (Wildman–Crippen LogP) is 3.68. The first kappa shape index (κ1) is 21.6. The van der Waals surface area contributed by atoms with E-state index in [4.69, 9.17) is 18.0 Å². The van der Waals surface area contributed by atoms with Gasteiger partial charge < -0.3 is 5.73 Å². The Kier molecular flexibility index (Phi) is 6.11. The number of carbonyl (C=O) groups excluding carboxylic acids is 1. The van der Waals surface area contributed by atoms with Gasteiger partial charge in [-0.1, -0.05) is 41.3 Å². The Bertz CT molecular complexity index is 1370. The van der Waals surface area contributed by atoms with Crippen molar-refractivity contribution in [3.05, 3.63) is 51.3 Å². The fourth-order valence-electron chi connectivity index (χ4n) is 3.44. The van der Waals surface area contributed by atoms with E-state index < -0.39 is 0 Å². The molecule has 1 aliphatic heterocycles. The second kappa shape index (κ2) is 9.33. The van der Waals surface area contributed by atoms with Crippen LogP contribution in [-0.2, 0) is 11.2 Å². The van der Waals surface area contributed by atoms with Gasteiger partial charge >= 0.3 is 0 Å². The van der Waals surface area contributed by atoms with Crippen LogP contribution >= 0.6 is 35.3 Å². The molecule has 4 heterocycles. The number of thioether (sulfide) groups is 1. The van der Waals surface area contributed by atoms with Crippen molar-refractivity contribution in [1.82, 2.24) is 35.5 Å². The number of nitrogens with two attached hydrogens (primary N) is 1. The minimum absolute atomic E-state index is 0.0642. The Hall–Kier alpha value is -3.22. The number of anilines is 1. The Morgan fingerprint density at radius 3 is 2.94 bits per heavy atom. The predicted molar refractivity (Wildman–Crippen MR) is 134 cm³/mol. The van der Waals surface area contributed by atoms with Crippen LogP contribution in [0.25, 0.3) is 28.4 Å². The van der Waals surface area contributed by atoms with Crippen molar-refractivity contribution in [3.63, 3.8) is 0 Å². The number of para-hydroxylation sites is 1. The van der Waals surface area contributed by atoms with E-state index in [1.165, 1.54) is 23.1 Å². The first-order valence-electron chi connectivity index (χ1n) is 10.2. The monoisotopic (exact) mass is 494 g/mol. The minimum Gasteiger partial charge on any atom is -0.383 e. The van der Waals surface area contributed by atoms with Crippen molar-refractivity contribution in [2.75, 3.05) is 12.3 Å². The van der Waals surface area contributed by atoms with Crippen LogP contribution in [0.3, 0.4) is 0 Å². The number of thiocarbonyl (C=S) groups is 1. The molecule has 1 amide bonds. The van der Waals surface area contributed by atoms with Gasteiger partial charge in [0, 0.05) is 34.2 Å². The molecular weight excluding hydrogens is 476 g/mol. The highest BCUT2D eigenvalue weighted by molar-refractivity contribution is 8.26. The number of aryl methyl sites for hydroxylation is 1. The lowest BCUT2D eigenvalue weighted by atomic mass is 10.2. The normalized spacial score (nSPS) is 15.3. The van der Waals surface area contributed by atoms with E-state index >= 15 is 0 Å². The van der Waals surface area contributed by atoms with Crippen molar-refractivity contribution in [2.45, 2.75) is 19.3 Å². The second-order valence-electron chi connectivity index (χ2n) is 7.31. The zero-order valence-electron chi connectivity index (χ0n) is 17.3. The third-order valence-electron chi connectivity index (χ3n) is 5.08. The van der Waals surface area contributed by atoms with Crippen LogP contribution in [0.15, 0.2) is 40.6 Å². The summed E-state index contributed by atoms with van der Waals surface area (Å²) < 4.78 is 0.577. The van der Waals surface area contributed by atoms with Crippen molar-refractivity contribution in [2.24, 2.45) is 0 Å². The average molecular weight is 495 g/mol. The summed E-state index contributed by atoms with van der Waals surface area (Å²) in [6.07, 6.45) is 4.23. The molecule has 5 rings (SSSR count). The summed E-state index contributed by atoms with van der Waals surface area (Å²) in [5, 5.41) is 16.7. The number of fused-ring (bicyclic) bond motifs is 1. The molecule has 0 unspecified atom stereocenters. The number of hydrogen-bond donors (Lipinski definition) is 2. The summed E-state index contributed by atoms with van der Waals surface area (Å²) in [5.74, 6) is 1.62. The summed E-state index contributed by atoms with van der Waals surface area (Å²) >= 11 is 8.28. The van der Waals surface area contributed by atoms with Crippen LogP contribution in [0.1, 0.15) is 23.5 Å². The van der Waals surface area contributed by atoms with E-state index in [0.717, 1.165) is 34.2 Å². The van der Waals surface area contributed by atoms with Gasteiger partial charge in [0.05, 0.1) is 10.4 Å². The lowest BCUT2D eigenvalue weighted by molar-refractivity contribution is -0.122. The maximum absolute atomic E-state index is 12.9. The van der Waals surface area contributed by atoms with Crippen LogP contribution in [0.4, 0.5) is 5.82 Å². The summed E-state index contributed by atoms with van der Waals surface area (Å²) in [6.45, 7) is 0.569. The standard InChI is InChI=1S/C21H18N8OS3/c22-18-14-5-1-2-6-15(14)23-19(24-18)12-9-13(32-11-12)10-16-20(30)29(21(31)33-16)8-4-3-7-17-25-27-28-26-17/h1-2,5-6,9-11H,3-4,7-8H2,(H2,22,23,24)(H,25,26,27,28)/b16-10-. The summed E-state index contributed by atoms with van der Waals surface area (Å²) in [4.78, 5) is 25.2. The van der Waals surface area contributed by atoms with Gasteiger partial charge in [-0.2, -0.15) is 5.21 Å². The maximum atomic E-state index is 12.9. The molecule has 33 heavy (non-hydrogen) atoms. The molecule has 0 bridgehead atoms. The number of amides is 1. The van der Waals surface area contributed by atoms with Gasteiger partial charge in [-0.15, -0.1) is 21.5 Å². The number of unbranched alkanes of at least 4 members (excludes halogenated alkanes) is 1. The second-order valence-corrected chi connectivity index (χ2v) is 9.92. The summed E-state index contributed by atoms with van der Waals surface area (Å²) in [6, 6.07) is 9.61. The fraction of sp³-hybridized carbons (Fsp3) is 0.190. The number of nitrogens with zero attached hydrogens (tertiary/aromatic N) is 6. The van der Waals surface area contributed by atoms with Crippen LogP contribution in [-0.4, -0.2) is 52.3 Å². The Labute approximate surface area is 202 Å². The van der Waals surface area contributed by atoms with Crippen molar-refractivity contribution in [1.29, 1.82) is 0 Å². The highest BCUT2D eigenvalue weighted by Crippen LogP contribution is 2.35. The van der Waals surface area contributed by atoms with Crippen molar-refractivity contribution in [3.8, 4) is 11.4 Å². The number of tetrazole rings is 1. The molecule has 166 valence electrons. The SMILES string of the molecule is Nc1nc(-c2csc(/C=C3\SC(=S)N(CCCCc4nn[nH]n4)C3=O)c2)nc2ccccc12. The first-order valence-corrected chi connectivity index (χ1v) is 12.3. The molecule has 3 aromatic heterocycles. The number of benzene rings is 1. The number of nitrogens with one attached hydrogen (secondary N) is 1. The molecule has 4 aromatic rings. The lowest BCUT2D eigenvalue weighted by Crippen LogP contribution is -2.29. The topological polar surface area (TPSA) is 127 Å². The van der Waals surface area contributed by atoms with E-state index in [2.05, 4.69) is 30.6 Å². The summed E-state index contributed by atoms with van der Waals surface area (Å²) in [5.41, 5.74) is 7.78. The van der Waals surface area contributed by atoms with Gasteiger partial charge in [-0.3, -0.25) is 9.69 Å². The molecule has 12 heteroatoms. The molecule has 1 aromatic carbocycles. The molecule has 0 atom stereocenters. The van der Waals surface area contributed by atoms with E-state index in [1.807, 2.05) is 41.8 Å². The molecule has 1 saturated heterocycles. The van der Waals surface area contributed by atoms with Crippen LogP contribution < -0.4 is 5.73 Å². The number of aromatic nitrogens is 6. The third kappa shape index (κ3) is 4.63. The highest BCUT2D eigenvalue weighted by Gasteiger charge is 2.31. The fourth-order valence-corrected chi connectivity index (χ4v) is 5.63. The number of H-pyrrole nitrogens is 1. The van der Waals surface area contributed by atoms with Crippen LogP contribution in [0.2, 0.25) is 0 Å². The van der Waals surface area contributed by atoms with Gasteiger partial charge in [0.15, 0.2) is 11.6 Å². The van der Waals surface area contributed by atoms with Gasteiger partial charge in [0.2, 0.25) is 0 Å². The molecule has 0 saturated carbocycles. The van der Waals surface area contributed by atoms with E-state index in [1.54, 1.807) is 4.90 Å². The van der Waals surface area contributed by atoms with Crippen molar-refractivity contribution < 1.29 is 4.79 Å². The Morgan fingerprint density at radius 2 is 2.09 bits per heavy atom. The highest BCUT2D eigenvalue weighted by atomic mass is 32.2. The number of nitrogen functional groups attached to an aromatic ring is 1. The molecule has 0 aliphatic carbocycles. The third-order valence-corrected chi connectivity index (χ3v) is 7.34. The van der Waals surface area contributed by atoms with Gasteiger partial charge in [0.25, 0.3) is 5.91 Å². The Morgan fingerprint density at radius 1 is 1.21 bits per heavy atom. The number of hydrogen-bond acceptors (Lipinski definition) is 10. The van der Waals surface area contributed by atoms with Gasteiger partial charge in [0.1, 0.15) is 10.1 Å². The number of thiophene rings is 1. The smallest absolute Gasteiger partial charge is 0.266 e. The van der Waals surface area contributed by atoms with Crippen molar-refractivity contribution >= 4 is 68.3 Å². The zero-order chi connectivity index (χ0) is 22.8. The van der Waals surface area contributed by atoms with E-state index in [0.29, 0.717) is 39.7 Å². The van der Waals surface area contributed by atoms with Gasteiger partial charge in [-0.05, 0) is 37.1 Å². The first-order chi connectivity index (χ1) is 16.1. The molecule has 3 N–H and O–H groups in total. The molecule has 0 spiro atoms. The minimum atomic E-state index is -0.0642. The maximum Gasteiger partial charge on any atom is 0.266 e. The number of aromatic amines is 1. The van der Waals surface area contributed by atoms with E-state index in [9.17, 15) is 4.79 Å². The van der Waals surface area contributed by atoms with Crippen LogP contribution in [0.5, 0.6) is 0 Å².